The summed E-state index contributed by atoms with van der Waals surface area (Å²) in [6, 6.07) is 18.2. The van der Waals surface area contributed by atoms with E-state index in [0.29, 0.717) is 17.2 Å². The summed E-state index contributed by atoms with van der Waals surface area (Å²) >= 11 is 0. The molecule has 0 unspecified atom stereocenters. The summed E-state index contributed by atoms with van der Waals surface area (Å²) < 4.78 is 57.3. The minimum absolute atomic E-state index is 0.0665. The molecule has 0 saturated carbocycles. The second-order valence-corrected chi connectivity index (χ2v) is 9.24. The molecule has 0 aromatic heterocycles. The lowest BCUT2D eigenvalue weighted by atomic mass is 10.2. The summed E-state index contributed by atoms with van der Waals surface area (Å²) in [6.07, 6.45) is -1.06. The molecule has 4 rings (SSSR count). The van der Waals surface area contributed by atoms with Crippen molar-refractivity contribution in [2.24, 2.45) is 0 Å². The third-order valence-electron chi connectivity index (χ3n) is 5.16. The Morgan fingerprint density at radius 2 is 1.74 bits per heavy atom. The van der Waals surface area contributed by atoms with Crippen molar-refractivity contribution >= 4 is 21.6 Å². The summed E-state index contributed by atoms with van der Waals surface area (Å²) in [5, 5.41) is 2.69. The fraction of sp³-hybridized carbons (Fsp3) is 0.208. The molecule has 1 N–H and O–H groups in total. The number of ether oxygens (including phenoxy) is 3. The Hall–Kier alpha value is -3.79. The van der Waals surface area contributed by atoms with E-state index >= 15 is 0 Å². The Morgan fingerprint density at radius 1 is 1.06 bits per heavy atom. The van der Waals surface area contributed by atoms with E-state index in [1.807, 2.05) is 0 Å². The van der Waals surface area contributed by atoms with Crippen LogP contribution in [0.4, 0.5) is 10.1 Å². The molecule has 0 saturated heterocycles. The molecule has 0 spiro atoms. The largest absolute Gasteiger partial charge is 0.497 e. The Balaban J connectivity index is 1.46. The van der Waals surface area contributed by atoms with Crippen LogP contribution in [0, 0.1) is 5.82 Å². The van der Waals surface area contributed by atoms with Crippen molar-refractivity contribution in [3.05, 3.63) is 78.6 Å². The fourth-order valence-electron chi connectivity index (χ4n) is 3.43. The van der Waals surface area contributed by atoms with Crippen LogP contribution >= 0.6 is 0 Å². The van der Waals surface area contributed by atoms with E-state index in [9.17, 15) is 17.6 Å². The summed E-state index contributed by atoms with van der Waals surface area (Å²) in [5.74, 6) is 0.432. The summed E-state index contributed by atoms with van der Waals surface area (Å²) in [7, 11) is -2.47. The van der Waals surface area contributed by atoms with Gasteiger partial charge in [-0.05, 0) is 60.7 Å². The first-order chi connectivity index (χ1) is 16.4. The van der Waals surface area contributed by atoms with Crippen molar-refractivity contribution in [2.75, 3.05) is 31.1 Å². The summed E-state index contributed by atoms with van der Waals surface area (Å²) in [4.78, 5) is 12.8. The molecular formula is C24H23FN2O6S. The Kier molecular flexibility index (Phi) is 6.87. The SMILES string of the molecule is COc1ccc(S(=O)(=O)N2C[C@@H](C(=O)NCCOc3ccc(F)cc3)Oc3ccccc32)cc1. The highest BCUT2D eigenvalue weighted by molar-refractivity contribution is 7.92. The predicted octanol–water partition coefficient (Wildman–Crippen LogP) is 2.99. The van der Waals surface area contributed by atoms with Crippen LogP contribution < -0.4 is 23.8 Å². The minimum Gasteiger partial charge on any atom is -0.497 e. The third-order valence-corrected chi connectivity index (χ3v) is 6.95. The van der Waals surface area contributed by atoms with Crippen LogP contribution in [0.3, 0.4) is 0 Å². The topological polar surface area (TPSA) is 94.2 Å². The number of sulfonamides is 1. The van der Waals surface area contributed by atoms with Gasteiger partial charge in [-0.25, -0.2) is 12.8 Å². The Morgan fingerprint density at radius 3 is 2.44 bits per heavy atom. The van der Waals surface area contributed by atoms with Gasteiger partial charge >= 0.3 is 0 Å². The quantitative estimate of drug-likeness (QED) is 0.492. The number of hydrogen-bond acceptors (Lipinski definition) is 6. The standard InChI is InChI=1S/C24H23FN2O6S/c1-31-18-10-12-20(13-11-18)34(29,30)27-16-23(33-22-5-3-2-4-21(22)27)24(28)26-14-15-32-19-8-6-17(25)7-9-19/h2-13,23H,14-16H2,1H3,(H,26,28)/t23-/m0/s1. The van der Waals surface area contributed by atoms with Crippen LogP contribution in [-0.2, 0) is 14.8 Å². The number of benzene rings is 3. The first kappa shape index (κ1) is 23.4. The highest BCUT2D eigenvalue weighted by Gasteiger charge is 2.37. The van der Waals surface area contributed by atoms with Gasteiger partial charge in [-0.2, -0.15) is 0 Å². The third kappa shape index (κ3) is 5.07. The highest BCUT2D eigenvalue weighted by Crippen LogP contribution is 2.37. The molecule has 1 aliphatic heterocycles. The van der Waals surface area contributed by atoms with E-state index in [0.717, 1.165) is 0 Å². The lowest BCUT2D eigenvalue weighted by Gasteiger charge is -2.34. The first-order valence-corrected chi connectivity index (χ1v) is 11.9. The normalized spacial score (nSPS) is 15.1. The molecule has 1 atom stereocenters. The number of carbonyl (C=O) groups is 1. The predicted molar refractivity (Wildman–Crippen MR) is 123 cm³/mol. The number of rotatable bonds is 8. The molecule has 8 nitrogen and oxygen atoms in total. The smallest absolute Gasteiger partial charge is 0.264 e. The summed E-state index contributed by atoms with van der Waals surface area (Å²) in [5.41, 5.74) is 0.349. The van der Waals surface area contributed by atoms with Crippen LogP contribution in [0.5, 0.6) is 17.2 Å². The molecule has 3 aromatic rings. The number of carbonyl (C=O) groups excluding carboxylic acids is 1. The van der Waals surface area contributed by atoms with E-state index in [-0.39, 0.29) is 36.2 Å². The molecule has 3 aromatic carbocycles. The minimum atomic E-state index is -3.97. The number of methoxy groups -OCH3 is 1. The fourth-order valence-corrected chi connectivity index (χ4v) is 4.91. The number of anilines is 1. The van der Waals surface area contributed by atoms with Crippen LogP contribution in [0.25, 0.3) is 0 Å². The van der Waals surface area contributed by atoms with Gasteiger partial charge in [0, 0.05) is 0 Å². The van der Waals surface area contributed by atoms with Gasteiger partial charge in [0.1, 0.15) is 29.7 Å². The molecule has 1 amide bonds. The van der Waals surface area contributed by atoms with Gasteiger partial charge in [0.05, 0.1) is 30.8 Å². The van der Waals surface area contributed by atoms with Crippen molar-refractivity contribution in [1.29, 1.82) is 0 Å². The number of para-hydroxylation sites is 2. The lowest BCUT2D eigenvalue weighted by molar-refractivity contribution is -0.127. The van der Waals surface area contributed by atoms with E-state index in [1.54, 1.807) is 36.4 Å². The van der Waals surface area contributed by atoms with Crippen molar-refractivity contribution in [3.8, 4) is 17.2 Å². The molecule has 1 aliphatic rings. The lowest BCUT2D eigenvalue weighted by Crippen LogP contribution is -2.51. The second kappa shape index (κ2) is 10.0. The maximum atomic E-state index is 13.4. The van der Waals surface area contributed by atoms with Gasteiger partial charge in [-0.3, -0.25) is 9.10 Å². The molecule has 0 radical (unpaired) electrons. The van der Waals surface area contributed by atoms with Gasteiger partial charge in [0.25, 0.3) is 15.9 Å². The van der Waals surface area contributed by atoms with Crippen molar-refractivity contribution in [3.63, 3.8) is 0 Å². The number of hydrogen-bond donors (Lipinski definition) is 1. The number of nitrogens with one attached hydrogen (secondary N) is 1. The molecule has 178 valence electrons. The average molecular weight is 487 g/mol. The van der Waals surface area contributed by atoms with Crippen LogP contribution in [0.15, 0.2) is 77.7 Å². The molecule has 34 heavy (non-hydrogen) atoms. The van der Waals surface area contributed by atoms with Crippen LogP contribution in [0.2, 0.25) is 0 Å². The number of amides is 1. The average Bonchev–Trinajstić information content (AvgIpc) is 2.86. The molecule has 1 heterocycles. The van der Waals surface area contributed by atoms with Gasteiger partial charge in [0.15, 0.2) is 6.10 Å². The van der Waals surface area contributed by atoms with Gasteiger partial charge in [0.2, 0.25) is 0 Å². The zero-order valence-electron chi connectivity index (χ0n) is 18.3. The van der Waals surface area contributed by atoms with E-state index in [4.69, 9.17) is 14.2 Å². The first-order valence-electron chi connectivity index (χ1n) is 10.5. The molecule has 0 aliphatic carbocycles. The van der Waals surface area contributed by atoms with Gasteiger partial charge in [-0.15, -0.1) is 0 Å². The molecule has 0 fully saturated rings. The highest BCUT2D eigenvalue weighted by atomic mass is 32.2. The van der Waals surface area contributed by atoms with Crippen molar-refractivity contribution in [2.45, 2.75) is 11.0 Å². The molecular weight excluding hydrogens is 463 g/mol. The van der Waals surface area contributed by atoms with Crippen molar-refractivity contribution in [1.82, 2.24) is 5.32 Å². The number of fused-ring (bicyclic) bond motifs is 1. The summed E-state index contributed by atoms with van der Waals surface area (Å²) in [6.45, 7) is 0.105. The Bertz CT molecular complexity index is 1250. The molecule has 10 heteroatoms. The second-order valence-electron chi connectivity index (χ2n) is 7.38. The van der Waals surface area contributed by atoms with Crippen molar-refractivity contribution < 1.29 is 31.8 Å². The van der Waals surface area contributed by atoms with Crippen LogP contribution in [-0.4, -0.2) is 47.2 Å². The zero-order valence-corrected chi connectivity index (χ0v) is 19.1. The van der Waals surface area contributed by atoms with E-state index in [1.165, 1.54) is 47.8 Å². The zero-order chi connectivity index (χ0) is 24.1. The Labute approximate surface area is 196 Å². The van der Waals surface area contributed by atoms with Gasteiger partial charge in [-0.1, -0.05) is 12.1 Å². The monoisotopic (exact) mass is 486 g/mol. The number of nitrogens with zero attached hydrogens (tertiary/aromatic N) is 1. The van der Waals surface area contributed by atoms with Crippen LogP contribution in [0.1, 0.15) is 0 Å². The van der Waals surface area contributed by atoms with Gasteiger partial charge < -0.3 is 19.5 Å². The van der Waals surface area contributed by atoms with E-state index < -0.39 is 22.0 Å². The van der Waals surface area contributed by atoms with E-state index in [2.05, 4.69) is 5.32 Å². The molecule has 0 bridgehead atoms. The maximum absolute atomic E-state index is 13.4. The maximum Gasteiger partial charge on any atom is 0.264 e. The number of halogens is 1.